The van der Waals surface area contributed by atoms with Crippen molar-refractivity contribution >= 4 is 17.7 Å². The molecule has 1 amide bonds. The summed E-state index contributed by atoms with van der Waals surface area (Å²) in [7, 11) is 1.61. The number of hydrogen-bond acceptors (Lipinski definition) is 6. The predicted molar refractivity (Wildman–Crippen MR) is 110 cm³/mol. The fourth-order valence-corrected chi connectivity index (χ4v) is 5.17. The number of methoxy groups -OCH3 is 1. The van der Waals surface area contributed by atoms with Crippen molar-refractivity contribution in [3.8, 4) is 11.5 Å². The molecule has 0 spiro atoms. The first-order valence-electron chi connectivity index (χ1n) is 9.52. The summed E-state index contributed by atoms with van der Waals surface area (Å²) < 4.78 is 24.5. The smallest absolute Gasteiger partial charge is 0.231 e. The third-order valence-corrected chi connectivity index (χ3v) is 6.69. The van der Waals surface area contributed by atoms with Crippen LogP contribution in [0, 0.1) is 11.7 Å². The van der Waals surface area contributed by atoms with Crippen molar-refractivity contribution in [2.75, 3.05) is 12.9 Å². The van der Waals surface area contributed by atoms with Crippen molar-refractivity contribution in [2.24, 2.45) is 5.92 Å². The molecule has 4 atom stereocenters. The van der Waals surface area contributed by atoms with Gasteiger partial charge in [0, 0.05) is 17.2 Å². The molecular formula is C21H24FN3O3S. The molecule has 4 unspecified atom stereocenters. The molecule has 0 saturated carbocycles. The Hall–Kier alpha value is -2.29. The summed E-state index contributed by atoms with van der Waals surface area (Å²) in [5, 5.41) is 3.16. The molecule has 6 nitrogen and oxygen atoms in total. The Morgan fingerprint density at radius 3 is 2.69 bits per heavy atom. The first-order chi connectivity index (χ1) is 14.0. The SMILES string of the molecule is COc1cc(C2SCC(=O)NC3NNC(C)C32)ccc1OCc1ccc(F)cc1. The van der Waals surface area contributed by atoms with Gasteiger partial charge in [0.25, 0.3) is 0 Å². The maximum absolute atomic E-state index is 13.1. The molecule has 3 N–H and O–H groups in total. The van der Waals surface area contributed by atoms with Crippen LogP contribution in [0.4, 0.5) is 4.39 Å². The van der Waals surface area contributed by atoms with E-state index in [1.165, 1.54) is 12.1 Å². The Kier molecular flexibility index (Phi) is 5.94. The topological polar surface area (TPSA) is 71.6 Å². The molecule has 0 bridgehead atoms. The highest BCUT2D eigenvalue weighted by Gasteiger charge is 2.42. The van der Waals surface area contributed by atoms with Gasteiger partial charge >= 0.3 is 0 Å². The van der Waals surface area contributed by atoms with E-state index in [-0.39, 0.29) is 35.1 Å². The van der Waals surface area contributed by atoms with Gasteiger partial charge < -0.3 is 14.8 Å². The van der Waals surface area contributed by atoms with Crippen LogP contribution in [0.3, 0.4) is 0 Å². The average Bonchev–Trinajstić information content (AvgIpc) is 2.98. The zero-order valence-electron chi connectivity index (χ0n) is 16.3. The molecule has 0 radical (unpaired) electrons. The highest BCUT2D eigenvalue weighted by molar-refractivity contribution is 8.00. The number of hydrazine groups is 1. The second-order valence-electron chi connectivity index (χ2n) is 7.26. The summed E-state index contributed by atoms with van der Waals surface area (Å²) in [5.74, 6) is 1.63. The standard InChI is InChI=1S/C21H24FN3O3S/c1-12-19-20(29-11-18(26)23-21(19)25-24-12)14-5-8-16(17(9-14)27-2)28-10-13-3-6-15(22)7-4-13/h3-9,12,19-21,24-25H,10-11H2,1-2H3,(H,23,26). The van der Waals surface area contributed by atoms with Crippen LogP contribution in [0.15, 0.2) is 42.5 Å². The number of halogens is 1. The van der Waals surface area contributed by atoms with Gasteiger partial charge in [0.05, 0.1) is 19.0 Å². The minimum atomic E-state index is -0.270. The molecular weight excluding hydrogens is 393 g/mol. The zero-order chi connectivity index (χ0) is 20.4. The molecule has 8 heteroatoms. The molecule has 2 saturated heterocycles. The van der Waals surface area contributed by atoms with Crippen molar-refractivity contribution in [3.05, 3.63) is 59.4 Å². The Morgan fingerprint density at radius 1 is 1.14 bits per heavy atom. The molecule has 0 aromatic heterocycles. The van der Waals surface area contributed by atoms with Gasteiger partial charge in [0.15, 0.2) is 11.5 Å². The zero-order valence-corrected chi connectivity index (χ0v) is 17.1. The predicted octanol–water partition coefficient (Wildman–Crippen LogP) is 2.76. The minimum Gasteiger partial charge on any atom is -0.493 e. The quantitative estimate of drug-likeness (QED) is 0.695. The second kappa shape index (κ2) is 8.61. The van der Waals surface area contributed by atoms with E-state index < -0.39 is 0 Å². The Bertz CT molecular complexity index is 880. The van der Waals surface area contributed by atoms with E-state index in [0.717, 1.165) is 11.1 Å². The summed E-state index contributed by atoms with van der Waals surface area (Å²) in [4.78, 5) is 12.1. The maximum atomic E-state index is 13.1. The number of carbonyl (C=O) groups excluding carboxylic acids is 1. The fourth-order valence-electron chi connectivity index (χ4n) is 3.80. The molecule has 2 aromatic carbocycles. The number of amides is 1. The highest BCUT2D eigenvalue weighted by Crippen LogP contribution is 2.44. The largest absolute Gasteiger partial charge is 0.493 e. The van der Waals surface area contributed by atoms with E-state index in [0.29, 0.717) is 23.9 Å². The van der Waals surface area contributed by atoms with Gasteiger partial charge in [-0.2, -0.15) is 0 Å². The molecule has 4 rings (SSSR count). The normalized spacial score (nSPS) is 26.4. The first-order valence-corrected chi connectivity index (χ1v) is 10.6. The van der Waals surface area contributed by atoms with Gasteiger partial charge in [-0.3, -0.25) is 10.2 Å². The van der Waals surface area contributed by atoms with Crippen molar-refractivity contribution in [1.82, 2.24) is 16.2 Å². The molecule has 2 aliphatic rings. The van der Waals surface area contributed by atoms with Gasteiger partial charge in [-0.25, -0.2) is 9.82 Å². The number of ether oxygens (including phenoxy) is 2. The van der Waals surface area contributed by atoms with Crippen molar-refractivity contribution < 1.29 is 18.7 Å². The van der Waals surface area contributed by atoms with E-state index >= 15 is 0 Å². The number of thioether (sulfide) groups is 1. The molecule has 2 fully saturated rings. The average molecular weight is 418 g/mol. The Balaban J connectivity index is 1.55. The van der Waals surface area contributed by atoms with Crippen LogP contribution in [0.25, 0.3) is 0 Å². The van der Waals surface area contributed by atoms with Gasteiger partial charge in [-0.05, 0) is 42.3 Å². The number of rotatable bonds is 5. The molecule has 0 aliphatic carbocycles. The van der Waals surface area contributed by atoms with Crippen LogP contribution >= 0.6 is 11.8 Å². The van der Waals surface area contributed by atoms with Crippen LogP contribution < -0.4 is 25.6 Å². The van der Waals surface area contributed by atoms with E-state index in [1.54, 1.807) is 31.0 Å². The molecule has 2 aliphatic heterocycles. The van der Waals surface area contributed by atoms with Crippen LogP contribution in [-0.4, -0.2) is 31.0 Å². The van der Waals surface area contributed by atoms with Gasteiger partial charge in [0.2, 0.25) is 5.91 Å². The number of nitrogens with one attached hydrogen (secondary N) is 3. The molecule has 2 aromatic rings. The Morgan fingerprint density at radius 2 is 1.93 bits per heavy atom. The number of benzene rings is 2. The number of hydrogen-bond donors (Lipinski definition) is 3. The van der Waals surface area contributed by atoms with E-state index in [2.05, 4.69) is 23.1 Å². The van der Waals surface area contributed by atoms with Crippen molar-refractivity contribution in [2.45, 2.75) is 31.0 Å². The summed E-state index contributed by atoms with van der Waals surface area (Å²) in [6.07, 6.45) is -0.113. The van der Waals surface area contributed by atoms with Gasteiger partial charge in [0.1, 0.15) is 12.4 Å². The Labute approximate surface area is 173 Å². The lowest BCUT2D eigenvalue weighted by atomic mass is 9.91. The van der Waals surface area contributed by atoms with E-state index in [1.807, 2.05) is 18.2 Å². The van der Waals surface area contributed by atoms with Gasteiger partial charge in [-0.15, -0.1) is 11.8 Å². The van der Waals surface area contributed by atoms with Crippen LogP contribution in [0.5, 0.6) is 11.5 Å². The lowest BCUT2D eigenvalue weighted by molar-refractivity contribution is -0.119. The second-order valence-corrected chi connectivity index (χ2v) is 8.39. The van der Waals surface area contributed by atoms with Crippen LogP contribution in [0.2, 0.25) is 0 Å². The van der Waals surface area contributed by atoms with Crippen LogP contribution in [0.1, 0.15) is 23.3 Å². The first kappa shape index (κ1) is 20.0. The lowest BCUT2D eigenvalue weighted by Gasteiger charge is -2.27. The monoisotopic (exact) mass is 417 g/mol. The minimum absolute atomic E-state index is 0.0297. The molecule has 2 heterocycles. The van der Waals surface area contributed by atoms with Crippen molar-refractivity contribution in [1.29, 1.82) is 0 Å². The fraction of sp³-hybridized carbons (Fsp3) is 0.381. The third-order valence-electron chi connectivity index (χ3n) is 5.31. The van der Waals surface area contributed by atoms with E-state index in [9.17, 15) is 9.18 Å². The highest BCUT2D eigenvalue weighted by atomic mass is 32.2. The third kappa shape index (κ3) is 4.34. The van der Waals surface area contributed by atoms with Gasteiger partial charge in [-0.1, -0.05) is 18.2 Å². The molecule has 154 valence electrons. The number of fused-ring (bicyclic) bond motifs is 1. The summed E-state index contributed by atoms with van der Waals surface area (Å²) in [6.45, 7) is 2.43. The van der Waals surface area contributed by atoms with Crippen molar-refractivity contribution in [3.63, 3.8) is 0 Å². The van der Waals surface area contributed by atoms with Crippen LogP contribution in [-0.2, 0) is 11.4 Å². The summed E-state index contributed by atoms with van der Waals surface area (Å²) in [5.41, 5.74) is 8.38. The summed E-state index contributed by atoms with van der Waals surface area (Å²) in [6, 6.07) is 12.3. The molecule has 29 heavy (non-hydrogen) atoms. The maximum Gasteiger partial charge on any atom is 0.231 e. The summed E-state index contributed by atoms with van der Waals surface area (Å²) >= 11 is 1.64. The lowest BCUT2D eigenvalue weighted by Crippen LogP contribution is -2.46. The number of carbonyl (C=O) groups is 1. The van der Waals surface area contributed by atoms with E-state index in [4.69, 9.17) is 9.47 Å².